The molecule has 21 heavy (non-hydrogen) atoms. The van der Waals surface area contributed by atoms with Crippen molar-refractivity contribution in [2.24, 2.45) is 7.05 Å². The van der Waals surface area contributed by atoms with Crippen LogP contribution >= 0.6 is 0 Å². The van der Waals surface area contributed by atoms with E-state index in [1.54, 1.807) is 18.2 Å². The molecule has 0 saturated heterocycles. The fourth-order valence-electron chi connectivity index (χ4n) is 2.22. The van der Waals surface area contributed by atoms with Crippen LogP contribution in [0.3, 0.4) is 0 Å². The van der Waals surface area contributed by atoms with Gasteiger partial charge in [0.15, 0.2) is 0 Å². The molecular formula is C16H20N2O3. The molecule has 2 aromatic rings. The molecule has 1 aromatic heterocycles. The first-order valence-corrected chi connectivity index (χ1v) is 6.84. The molecule has 112 valence electrons. The molecule has 2 rings (SSSR count). The van der Waals surface area contributed by atoms with E-state index in [4.69, 9.17) is 4.74 Å². The molecule has 0 radical (unpaired) electrons. The monoisotopic (exact) mass is 288 g/mol. The van der Waals surface area contributed by atoms with Gasteiger partial charge in [-0.3, -0.25) is 4.79 Å². The number of methoxy groups -OCH3 is 1. The summed E-state index contributed by atoms with van der Waals surface area (Å²) in [5.41, 5.74) is 1.33. The van der Waals surface area contributed by atoms with Crippen LogP contribution in [0.25, 0.3) is 0 Å². The average Bonchev–Trinajstić information content (AvgIpc) is 2.93. The van der Waals surface area contributed by atoms with Gasteiger partial charge in [-0.2, -0.15) is 0 Å². The largest absolute Gasteiger partial charge is 0.496 e. The van der Waals surface area contributed by atoms with Gasteiger partial charge < -0.3 is 19.7 Å². The van der Waals surface area contributed by atoms with Crippen molar-refractivity contribution in [2.75, 3.05) is 13.7 Å². The van der Waals surface area contributed by atoms with Crippen molar-refractivity contribution in [3.05, 3.63) is 53.9 Å². The molecule has 0 saturated carbocycles. The Morgan fingerprint density at radius 1 is 1.33 bits per heavy atom. The SMILES string of the molecule is COc1ccccc1C(=O)NCCC(O)c1cccn1C. The van der Waals surface area contributed by atoms with Gasteiger partial charge in [0.2, 0.25) is 0 Å². The third kappa shape index (κ3) is 3.64. The van der Waals surface area contributed by atoms with Crippen LogP contribution in [-0.4, -0.2) is 29.2 Å². The molecule has 1 unspecified atom stereocenters. The zero-order valence-electron chi connectivity index (χ0n) is 12.2. The van der Waals surface area contributed by atoms with Crippen molar-refractivity contribution in [3.63, 3.8) is 0 Å². The summed E-state index contributed by atoms with van der Waals surface area (Å²) in [4.78, 5) is 12.1. The summed E-state index contributed by atoms with van der Waals surface area (Å²) < 4.78 is 7.02. The molecule has 1 atom stereocenters. The summed E-state index contributed by atoms with van der Waals surface area (Å²) in [6, 6.07) is 10.8. The van der Waals surface area contributed by atoms with Crippen molar-refractivity contribution < 1.29 is 14.6 Å². The Labute approximate surface area is 124 Å². The Morgan fingerprint density at radius 2 is 2.10 bits per heavy atom. The van der Waals surface area contributed by atoms with E-state index >= 15 is 0 Å². The highest BCUT2D eigenvalue weighted by molar-refractivity contribution is 5.96. The molecule has 5 nitrogen and oxygen atoms in total. The van der Waals surface area contributed by atoms with Gasteiger partial charge in [-0.25, -0.2) is 0 Å². The molecule has 0 fully saturated rings. The number of amides is 1. The van der Waals surface area contributed by atoms with Crippen LogP contribution in [0, 0.1) is 0 Å². The Bertz CT molecular complexity index is 607. The number of nitrogens with zero attached hydrogens (tertiary/aromatic N) is 1. The number of benzene rings is 1. The number of hydrogen-bond acceptors (Lipinski definition) is 3. The van der Waals surface area contributed by atoms with Gasteiger partial charge in [0, 0.05) is 25.5 Å². The van der Waals surface area contributed by atoms with Gasteiger partial charge in [-0.05, 0) is 30.7 Å². The number of aliphatic hydroxyl groups is 1. The Hall–Kier alpha value is -2.27. The number of nitrogens with one attached hydrogen (secondary N) is 1. The molecule has 1 aromatic carbocycles. The van der Waals surface area contributed by atoms with Crippen LogP contribution in [0.5, 0.6) is 5.75 Å². The number of carbonyl (C=O) groups is 1. The predicted molar refractivity (Wildman–Crippen MR) is 80.3 cm³/mol. The lowest BCUT2D eigenvalue weighted by Gasteiger charge is -2.13. The molecule has 1 amide bonds. The van der Waals surface area contributed by atoms with Crippen molar-refractivity contribution in [2.45, 2.75) is 12.5 Å². The third-order valence-electron chi connectivity index (χ3n) is 3.38. The Kier molecular flexibility index (Phi) is 5.00. The molecule has 0 aliphatic rings. The molecule has 2 N–H and O–H groups in total. The van der Waals surface area contributed by atoms with E-state index in [-0.39, 0.29) is 5.91 Å². The Balaban J connectivity index is 1.89. The zero-order valence-corrected chi connectivity index (χ0v) is 12.2. The van der Waals surface area contributed by atoms with Crippen LogP contribution in [-0.2, 0) is 7.05 Å². The summed E-state index contributed by atoms with van der Waals surface area (Å²) in [5.74, 6) is 0.338. The summed E-state index contributed by atoms with van der Waals surface area (Å²) in [5, 5.41) is 12.9. The molecule has 0 aliphatic carbocycles. The van der Waals surface area contributed by atoms with Crippen molar-refractivity contribution in [1.82, 2.24) is 9.88 Å². The van der Waals surface area contributed by atoms with E-state index in [0.29, 0.717) is 24.3 Å². The topological polar surface area (TPSA) is 63.5 Å². The lowest BCUT2D eigenvalue weighted by atomic mass is 10.1. The first-order chi connectivity index (χ1) is 10.1. The molecule has 0 aliphatic heterocycles. The van der Waals surface area contributed by atoms with Crippen LogP contribution in [0.15, 0.2) is 42.6 Å². The summed E-state index contributed by atoms with van der Waals surface area (Å²) in [6.45, 7) is 0.392. The normalized spacial score (nSPS) is 12.0. The third-order valence-corrected chi connectivity index (χ3v) is 3.38. The second kappa shape index (κ2) is 6.95. The van der Waals surface area contributed by atoms with E-state index in [0.717, 1.165) is 5.69 Å². The van der Waals surface area contributed by atoms with Gasteiger partial charge in [0.25, 0.3) is 5.91 Å². The second-order valence-corrected chi connectivity index (χ2v) is 4.80. The molecule has 0 bridgehead atoms. The maximum atomic E-state index is 12.1. The average molecular weight is 288 g/mol. The van der Waals surface area contributed by atoms with Crippen molar-refractivity contribution >= 4 is 5.91 Å². The van der Waals surface area contributed by atoms with Gasteiger partial charge in [-0.15, -0.1) is 0 Å². The minimum absolute atomic E-state index is 0.202. The summed E-state index contributed by atoms with van der Waals surface area (Å²) in [7, 11) is 3.41. The highest BCUT2D eigenvalue weighted by atomic mass is 16.5. The summed E-state index contributed by atoms with van der Waals surface area (Å²) >= 11 is 0. The number of aliphatic hydroxyl groups excluding tert-OH is 1. The van der Waals surface area contributed by atoms with Crippen LogP contribution < -0.4 is 10.1 Å². The summed E-state index contributed by atoms with van der Waals surface area (Å²) in [6.07, 6.45) is 1.74. The number of rotatable bonds is 6. The van der Waals surface area contributed by atoms with Crippen molar-refractivity contribution in [3.8, 4) is 5.75 Å². The standard InChI is InChI=1S/C16H20N2O3/c1-18-11-5-7-13(18)14(19)9-10-17-16(20)12-6-3-4-8-15(12)21-2/h3-8,11,14,19H,9-10H2,1-2H3,(H,17,20). The lowest BCUT2D eigenvalue weighted by molar-refractivity contribution is 0.0938. The number of carbonyl (C=O) groups excluding carboxylic acids is 1. The smallest absolute Gasteiger partial charge is 0.255 e. The minimum Gasteiger partial charge on any atom is -0.496 e. The van der Waals surface area contributed by atoms with Gasteiger partial charge in [-0.1, -0.05) is 12.1 Å². The number of aromatic nitrogens is 1. The predicted octanol–water partition coefficient (Wildman–Crippen LogP) is 1.89. The number of aryl methyl sites for hydroxylation is 1. The van der Waals surface area contributed by atoms with Crippen LogP contribution in [0.1, 0.15) is 28.6 Å². The van der Waals surface area contributed by atoms with Gasteiger partial charge in [0.1, 0.15) is 5.75 Å². The van der Waals surface area contributed by atoms with E-state index < -0.39 is 6.10 Å². The maximum absolute atomic E-state index is 12.1. The van der Waals surface area contributed by atoms with Gasteiger partial charge in [0.05, 0.1) is 18.8 Å². The maximum Gasteiger partial charge on any atom is 0.255 e. The minimum atomic E-state index is -0.594. The van der Waals surface area contributed by atoms with E-state index in [1.165, 1.54) is 7.11 Å². The molecule has 5 heteroatoms. The van der Waals surface area contributed by atoms with E-state index in [9.17, 15) is 9.90 Å². The quantitative estimate of drug-likeness (QED) is 0.853. The van der Waals surface area contributed by atoms with E-state index in [2.05, 4.69) is 5.32 Å². The fraction of sp³-hybridized carbons (Fsp3) is 0.312. The fourth-order valence-corrected chi connectivity index (χ4v) is 2.22. The second-order valence-electron chi connectivity index (χ2n) is 4.80. The lowest BCUT2D eigenvalue weighted by Crippen LogP contribution is -2.26. The molecule has 0 spiro atoms. The van der Waals surface area contributed by atoms with E-state index in [1.807, 2.05) is 36.0 Å². The van der Waals surface area contributed by atoms with Gasteiger partial charge >= 0.3 is 0 Å². The van der Waals surface area contributed by atoms with Crippen LogP contribution in [0.2, 0.25) is 0 Å². The number of para-hydroxylation sites is 1. The highest BCUT2D eigenvalue weighted by Gasteiger charge is 2.13. The molecule has 1 heterocycles. The first kappa shape index (κ1) is 15.1. The number of hydrogen-bond donors (Lipinski definition) is 2. The van der Waals surface area contributed by atoms with Crippen molar-refractivity contribution in [1.29, 1.82) is 0 Å². The zero-order chi connectivity index (χ0) is 15.2. The molecular weight excluding hydrogens is 268 g/mol. The number of ether oxygens (including phenoxy) is 1. The first-order valence-electron chi connectivity index (χ1n) is 6.84. The Morgan fingerprint density at radius 3 is 2.76 bits per heavy atom. The highest BCUT2D eigenvalue weighted by Crippen LogP contribution is 2.18. The van der Waals surface area contributed by atoms with Crippen LogP contribution in [0.4, 0.5) is 0 Å².